The number of hydrogen-bond donors (Lipinski definition) is 2. The third-order valence-electron chi connectivity index (χ3n) is 3.92. The van der Waals surface area contributed by atoms with Crippen LogP contribution >= 0.6 is 0 Å². The lowest BCUT2D eigenvalue weighted by Gasteiger charge is -2.22. The predicted molar refractivity (Wildman–Crippen MR) is 86.5 cm³/mol. The van der Waals surface area contributed by atoms with Crippen LogP contribution in [-0.4, -0.2) is 37.7 Å². The number of rotatable bonds is 5. The van der Waals surface area contributed by atoms with Crippen LogP contribution in [0.3, 0.4) is 0 Å². The maximum Gasteiger partial charge on any atom is 0.128 e. The molecule has 0 spiro atoms. The summed E-state index contributed by atoms with van der Waals surface area (Å²) in [5.74, 6) is 0.994. The van der Waals surface area contributed by atoms with Crippen molar-refractivity contribution in [3.05, 3.63) is 18.3 Å². The van der Waals surface area contributed by atoms with Crippen LogP contribution in [0.25, 0.3) is 0 Å². The molecular formula is C16H28N4. The van der Waals surface area contributed by atoms with E-state index in [4.69, 9.17) is 0 Å². The van der Waals surface area contributed by atoms with Crippen molar-refractivity contribution in [2.24, 2.45) is 0 Å². The number of hydrogen-bond acceptors (Lipinski definition) is 4. The molecule has 2 heterocycles. The van der Waals surface area contributed by atoms with Gasteiger partial charge in [-0.3, -0.25) is 0 Å². The third kappa shape index (κ3) is 4.67. The minimum absolute atomic E-state index is 0.470. The van der Waals surface area contributed by atoms with Crippen molar-refractivity contribution in [3.8, 4) is 0 Å². The first-order valence-corrected chi connectivity index (χ1v) is 7.78. The van der Waals surface area contributed by atoms with Gasteiger partial charge >= 0.3 is 0 Å². The number of nitrogens with zero attached hydrogens (tertiary/aromatic N) is 2. The molecule has 1 fully saturated rings. The highest BCUT2D eigenvalue weighted by Crippen LogP contribution is 2.16. The second-order valence-electron chi connectivity index (χ2n) is 6.08. The molecular weight excluding hydrogens is 248 g/mol. The Morgan fingerprint density at radius 3 is 2.90 bits per heavy atom. The first-order valence-electron chi connectivity index (χ1n) is 7.78. The third-order valence-corrected chi connectivity index (χ3v) is 3.92. The van der Waals surface area contributed by atoms with Gasteiger partial charge in [-0.15, -0.1) is 0 Å². The van der Waals surface area contributed by atoms with Gasteiger partial charge in [0, 0.05) is 26.2 Å². The zero-order valence-electron chi connectivity index (χ0n) is 13.0. The van der Waals surface area contributed by atoms with E-state index in [-0.39, 0.29) is 0 Å². The molecule has 4 nitrogen and oxygen atoms in total. The summed E-state index contributed by atoms with van der Waals surface area (Å²) >= 11 is 0. The zero-order chi connectivity index (χ0) is 14.4. The highest BCUT2D eigenvalue weighted by atomic mass is 15.1. The molecule has 0 aromatic carbocycles. The number of anilines is 2. The summed E-state index contributed by atoms with van der Waals surface area (Å²) in [6, 6.07) is 5.30. The molecule has 1 aliphatic rings. The molecule has 112 valence electrons. The summed E-state index contributed by atoms with van der Waals surface area (Å²) in [6.07, 6.45) is 8.48. The topological polar surface area (TPSA) is 40.2 Å². The highest BCUT2D eigenvalue weighted by Gasteiger charge is 2.14. The molecule has 2 rings (SSSR count). The Bertz CT molecular complexity index is 380. The normalized spacial score (nSPS) is 21.1. The van der Waals surface area contributed by atoms with Crippen molar-refractivity contribution in [2.75, 3.05) is 30.9 Å². The van der Waals surface area contributed by atoms with Gasteiger partial charge in [0.2, 0.25) is 0 Å². The standard InChI is InChI=1S/C16H28N4/c1-13(11-14-7-5-4-6-10-17-14)19-15-8-9-16(18-12-15)20(2)3/h8-9,12-14,17,19H,4-7,10-11H2,1-3H3. The van der Waals surface area contributed by atoms with Crippen LogP contribution in [-0.2, 0) is 0 Å². The van der Waals surface area contributed by atoms with E-state index in [1.807, 2.05) is 25.2 Å². The van der Waals surface area contributed by atoms with E-state index in [9.17, 15) is 0 Å². The molecule has 0 aliphatic carbocycles. The van der Waals surface area contributed by atoms with Crippen LogP contribution in [0.5, 0.6) is 0 Å². The molecule has 0 radical (unpaired) electrons. The van der Waals surface area contributed by atoms with E-state index in [1.165, 1.54) is 38.6 Å². The quantitative estimate of drug-likeness (QED) is 0.867. The average molecular weight is 276 g/mol. The fourth-order valence-electron chi connectivity index (χ4n) is 2.81. The molecule has 0 amide bonds. The molecule has 2 unspecified atom stereocenters. The van der Waals surface area contributed by atoms with Crippen LogP contribution in [0.1, 0.15) is 39.0 Å². The molecule has 1 aromatic rings. The zero-order valence-corrected chi connectivity index (χ0v) is 13.0. The molecule has 20 heavy (non-hydrogen) atoms. The molecule has 1 saturated heterocycles. The maximum atomic E-state index is 4.44. The average Bonchev–Trinajstić information content (AvgIpc) is 2.68. The molecule has 0 saturated carbocycles. The summed E-state index contributed by atoms with van der Waals surface area (Å²) in [4.78, 5) is 6.46. The fraction of sp³-hybridized carbons (Fsp3) is 0.688. The van der Waals surface area contributed by atoms with Crippen LogP contribution in [0.15, 0.2) is 18.3 Å². The van der Waals surface area contributed by atoms with Crippen molar-refractivity contribution < 1.29 is 0 Å². The molecule has 2 N–H and O–H groups in total. The minimum Gasteiger partial charge on any atom is -0.381 e. The Morgan fingerprint density at radius 2 is 2.20 bits per heavy atom. The van der Waals surface area contributed by atoms with Crippen LogP contribution in [0, 0.1) is 0 Å². The lowest BCUT2D eigenvalue weighted by molar-refractivity contribution is 0.456. The number of pyridine rings is 1. The van der Waals surface area contributed by atoms with Gasteiger partial charge in [0.05, 0.1) is 11.9 Å². The van der Waals surface area contributed by atoms with Crippen molar-refractivity contribution in [1.29, 1.82) is 0 Å². The van der Waals surface area contributed by atoms with Crippen LogP contribution < -0.4 is 15.5 Å². The van der Waals surface area contributed by atoms with E-state index in [0.717, 1.165) is 11.5 Å². The van der Waals surface area contributed by atoms with E-state index in [2.05, 4.69) is 34.7 Å². The molecule has 1 aromatic heterocycles. The largest absolute Gasteiger partial charge is 0.381 e. The van der Waals surface area contributed by atoms with Crippen molar-refractivity contribution in [3.63, 3.8) is 0 Å². The Labute approximate surface area is 123 Å². The van der Waals surface area contributed by atoms with E-state index in [0.29, 0.717) is 12.1 Å². The summed E-state index contributed by atoms with van der Waals surface area (Å²) in [7, 11) is 4.02. The van der Waals surface area contributed by atoms with Gasteiger partial charge in [-0.05, 0) is 44.9 Å². The lowest BCUT2D eigenvalue weighted by atomic mass is 10.0. The Kier molecular flexibility index (Phi) is 5.65. The summed E-state index contributed by atoms with van der Waals surface area (Å²) < 4.78 is 0. The molecule has 4 heteroatoms. The first-order chi connectivity index (χ1) is 9.65. The monoisotopic (exact) mass is 276 g/mol. The predicted octanol–water partition coefficient (Wildman–Crippen LogP) is 2.87. The SMILES string of the molecule is CC(CC1CCCCCN1)Nc1ccc(N(C)C)nc1. The maximum absolute atomic E-state index is 4.44. The number of aromatic nitrogens is 1. The Balaban J connectivity index is 1.82. The Morgan fingerprint density at radius 1 is 1.35 bits per heavy atom. The minimum atomic E-state index is 0.470. The van der Waals surface area contributed by atoms with Gasteiger partial charge in [0.1, 0.15) is 5.82 Å². The van der Waals surface area contributed by atoms with E-state index in [1.54, 1.807) is 0 Å². The van der Waals surface area contributed by atoms with Gasteiger partial charge in [-0.25, -0.2) is 4.98 Å². The second-order valence-corrected chi connectivity index (χ2v) is 6.08. The van der Waals surface area contributed by atoms with Crippen LogP contribution in [0.2, 0.25) is 0 Å². The van der Waals surface area contributed by atoms with E-state index >= 15 is 0 Å². The van der Waals surface area contributed by atoms with Crippen molar-refractivity contribution in [2.45, 2.75) is 51.1 Å². The molecule has 2 atom stereocenters. The smallest absolute Gasteiger partial charge is 0.128 e. The Hall–Kier alpha value is -1.29. The first kappa shape index (κ1) is 15.1. The molecule has 1 aliphatic heterocycles. The van der Waals surface area contributed by atoms with Crippen molar-refractivity contribution >= 4 is 11.5 Å². The summed E-state index contributed by atoms with van der Waals surface area (Å²) in [5.41, 5.74) is 1.11. The van der Waals surface area contributed by atoms with Gasteiger partial charge in [-0.1, -0.05) is 12.8 Å². The van der Waals surface area contributed by atoms with Gasteiger partial charge < -0.3 is 15.5 Å². The molecule has 0 bridgehead atoms. The summed E-state index contributed by atoms with van der Waals surface area (Å²) in [6.45, 7) is 3.43. The van der Waals surface area contributed by atoms with Crippen molar-refractivity contribution in [1.82, 2.24) is 10.3 Å². The van der Waals surface area contributed by atoms with Gasteiger partial charge in [0.15, 0.2) is 0 Å². The van der Waals surface area contributed by atoms with Gasteiger partial charge in [-0.2, -0.15) is 0 Å². The second kappa shape index (κ2) is 7.48. The van der Waals surface area contributed by atoms with Gasteiger partial charge in [0.25, 0.3) is 0 Å². The van der Waals surface area contributed by atoms with Crippen LogP contribution in [0.4, 0.5) is 11.5 Å². The summed E-state index contributed by atoms with van der Waals surface area (Å²) in [5, 5.41) is 7.21. The number of nitrogens with one attached hydrogen (secondary N) is 2. The van der Waals surface area contributed by atoms with E-state index < -0.39 is 0 Å². The highest BCUT2D eigenvalue weighted by molar-refractivity contribution is 5.48. The lowest BCUT2D eigenvalue weighted by Crippen LogP contribution is -2.33. The fourth-order valence-corrected chi connectivity index (χ4v) is 2.81.